The van der Waals surface area contributed by atoms with Crippen molar-refractivity contribution < 1.29 is 4.74 Å². The van der Waals surface area contributed by atoms with Gasteiger partial charge in [0.05, 0.1) is 12.2 Å². The monoisotopic (exact) mass is 337 g/mol. The summed E-state index contributed by atoms with van der Waals surface area (Å²) in [5, 5.41) is 10.0. The number of ether oxygens (including phenoxy) is 1. The van der Waals surface area contributed by atoms with Crippen molar-refractivity contribution in [3.8, 4) is 17.7 Å². The van der Waals surface area contributed by atoms with E-state index in [-0.39, 0.29) is 0 Å². The van der Waals surface area contributed by atoms with Crippen LogP contribution in [0.1, 0.15) is 16.8 Å². The number of nitrogens with zero attached hydrogens (tertiary/aromatic N) is 2. The molecule has 0 bridgehead atoms. The minimum Gasteiger partial charge on any atom is -0.439 e. The fraction of sp³-hybridized carbons (Fsp3) is 0.105. The molecule has 5 heteroatoms. The lowest BCUT2D eigenvalue weighted by Crippen LogP contribution is -2.06. The number of hydrogen-bond donors (Lipinski definition) is 1. The Morgan fingerprint density at radius 2 is 1.88 bits per heavy atom. The van der Waals surface area contributed by atoms with Crippen molar-refractivity contribution in [1.82, 2.24) is 4.57 Å². The van der Waals surface area contributed by atoms with Crippen molar-refractivity contribution in [2.24, 2.45) is 0 Å². The normalized spacial score (nSPS) is 10.4. The second kappa shape index (κ2) is 6.69. The Morgan fingerprint density at radius 1 is 1.17 bits per heavy atom. The van der Waals surface area contributed by atoms with Crippen LogP contribution in [0, 0.1) is 18.3 Å². The fourth-order valence-electron chi connectivity index (χ4n) is 2.49. The van der Waals surface area contributed by atoms with E-state index < -0.39 is 0 Å². The maximum atomic E-state index is 9.41. The number of nitrogens with two attached hydrogens (primary N) is 1. The predicted molar refractivity (Wildman–Crippen MR) is 95.4 cm³/mol. The van der Waals surface area contributed by atoms with Gasteiger partial charge in [0.15, 0.2) is 0 Å². The molecule has 0 saturated carbocycles. The molecule has 3 aromatic rings. The molecule has 1 aromatic heterocycles. The number of rotatable bonds is 4. The summed E-state index contributed by atoms with van der Waals surface area (Å²) in [6.45, 7) is 2.55. The topological polar surface area (TPSA) is 64.0 Å². The summed E-state index contributed by atoms with van der Waals surface area (Å²) in [5.74, 6) is 1.07. The molecule has 0 saturated heterocycles. The Labute approximate surface area is 145 Å². The summed E-state index contributed by atoms with van der Waals surface area (Å²) in [5.41, 5.74) is 9.20. The Kier molecular flexibility index (Phi) is 4.45. The van der Waals surface area contributed by atoms with Crippen LogP contribution in [0.4, 0.5) is 5.69 Å². The van der Waals surface area contributed by atoms with Crippen LogP contribution >= 0.6 is 11.6 Å². The van der Waals surface area contributed by atoms with Gasteiger partial charge in [0.2, 0.25) is 5.88 Å². The highest BCUT2D eigenvalue weighted by Gasteiger charge is 2.16. The molecule has 0 atom stereocenters. The Hall–Kier alpha value is -2.90. The first-order valence-electron chi connectivity index (χ1n) is 7.45. The van der Waals surface area contributed by atoms with Crippen LogP contribution in [0.2, 0.25) is 5.02 Å². The van der Waals surface area contributed by atoms with Gasteiger partial charge in [-0.3, -0.25) is 4.57 Å². The Morgan fingerprint density at radius 3 is 2.54 bits per heavy atom. The first-order valence-corrected chi connectivity index (χ1v) is 7.83. The number of halogens is 1. The van der Waals surface area contributed by atoms with E-state index in [2.05, 4.69) is 6.07 Å². The van der Waals surface area contributed by atoms with Gasteiger partial charge in [-0.15, -0.1) is 0 Å². The van der Waals surface area contributed by atoms with Gasteiger partial charge in [-0.05, 0) is 42.3 Å². The summed E-state index contributed by atoms with van der Waals surface area (Å²) >= 11 is 5.90. The summed E-state index contributed by atoms with van der Waals surface area (Å²) in [6, 6.07) is 18.8. The number of aryl methyl sites for hydroxylation is 1. The van der Waals surface area contributed by atoms with E-state index in [9.17, 15) is 5.26 Å². The first kappa shape index (κ1) is 16.0. The molecule has 120 valence electrons. The van der Waals surface area contributed by atoms with Crippen molar-refractivity contribution in [2.45, 2.75) is 13.5 Å². The number of aromatic nitrogens is 1. The number of hydrogen-bond acceptors (Lipinski definition) is 3. The molecule has 2 aromatic carbocycles. The molecule has 0 amide bonds. The van der Waals surface area contributed by atoms with E-state index in [1.54, 1.807) is 34.9 Å². The molecule has 0 aliphatic heterocycles. The minimum absolute atomic E-state index is 0.426. The Bertz CT molecular complexity index is 907. The second-order valence-electron chi connectivity index (χ2n) is 5.47. The van der Waals surface area contributed by atoms with Gasteiger partial charge in [0.25, 0.3) is 0 Å². The van der Waals surface area contributed by atoms with Crippen LogP contribution < -0.4 is 10.5 Å². The van der Waals surface area contributed by atoms with Crippen LogP contribution in [-0.4, -0.2) is 4.57 Å². The zero-order valence-corrected chi connectivity index (χ0v) is 13.9. The quantitative estimate of drug-likeness (QED) is 0.747. The van der Waals surface area contributed by atoms with Gasteiger partial charge in [-0.1, -0.05) is 35.9 Å². The van der Waals surface area contributed by atoms with E-state index in [1.807, 2.05) is 31.2 Å². The third-order valence-corrected chi connectivity index (χ3v) is 4.06. The second-order valence-corrected chi connectivity index (χ2v) is 5.91. The molecule has 24 heavy (non-hydrogen) atoms. The van der Waals surface area contributed by atoms with Crippen LogP contribution in [0.5, 0.6) is 11.6 Å². The smallest absolute Gasteiger partial charge is 0.224 e. The highest BCUT2D eigenvalue weighted by molar-refractivity contribution is 6.30. The van der Waals surface area contributed by atoms with Gasteiger partial charge >= 0.3 is 0 Å². The number of nitrogen functional groups attached to an aromatic ring is 1. The molecule has 1 heterocycles. The van der Waals surface area contributed by atoms with Gasteiger partial charge in [-0.2, -0.15) is 5.26 Å². The van der Waals surface area contributed by atoms with Crippen molar-refractivity contribution in [1.29, 1.82) is 5.26 Å². The summed E-state index contributed by atoms with van der Waals surface area (Å²) < 4.78 is 7.70. The van der Waals surface area contributed by atoms with Crippen molar-refractivity contribution in [3.63, 3.8) is 0 Å². The van der Waals surface area contributed by atoms with Gasteiger partial charge in [-0.25, -0.2) is 0 Å². The van der Waals surface area contributed by atoms with Crippen molar-refractivity contribution in [3.05, 3.63) is 76.4 Å². The lowest BCUT2D eigenvalue weighted by Gasteiger charge is -2.14. The van der Waals surface area contributed by atoms with Crippen LogP contribution in [0.25, 0.3) is 0 Å². The molecule has 4 nitrogen and oxygen atoms in total. The molecule has 0 fully saturated rings. The maximum Gasteiger partial charge on any atom is 0.224 e. The van der Waals surface area contributed by atoms with Gasteiger partial charge < -0.3 is 10.5 Å². The van der Waals surface area contributed by atoms with E-state index in [0.29, 0.717) is 34.6 Å². The third-order valence-electron chi connectivity index (χ3n) is 3.81. The zero-order valence-electron chi connectivity index (χ0n) is 13.2. The summed E-state index contributed by atoms with van der Waals surface area (Å²) in [4.78, 5) is 0. The van der Waals surface area contributed by atoms with Crippen LogP contribution in [0.3, 0.4) is 0 Å². The molecule has 3 rings (SSSR count). The molecule has 0 aliphatic rings. The van der Waals surface area contributed by atoms with Gasteiger partial charge in [0, 0.05) is 11.1 Å². The molecule has 2 N–H and O–H groups in total. The zero-order chi connectivity index (χ0) is 17.1. The predicted octanol–water partition coefficient (Wildman–Crippen LogP) is 4.74. The van der Waals surface area contributed by atoms with E-state index in [0.717, 1.165) is 11.1 Å². The molecule has 0 spiro atoms. The average Bonchev–Trinajstić information content (AvgIpc) is 2.87. The summed E-state index contributed by atoms with van der Waals surface area (Å²) in [6.07, 6.45) is 0. The van der Waals surface area contributed by atoms with E-state index >= 15 is 0 Å². The maximum absolute atomic E-state index is 9.41. The molecular formula is C19H16ClN3O. The largest absolute Gasteiger partial charge is 0.439 e. The molecule has 0 unspecified atom stereocenters. The van der Waals surface area contributed by atoms with Crippen molar-refractivity contribution >= 4 is 17.3 Å². The van der Waals surface area contributed by atoms with Crippen LogP contribution in [0.15, 0.2) is 54.6 Å². The summed E-state index contributed by atoms with van der Waals surface area (Å²) in [7, 11) is 0. The highest BCUT2D eigenvalue weighted by atomic mass is 35.5. The average molecular weight is 338 g/mol. The van der Waals surface area contributed by atoms with E-state index in [1.165, 1.54) is 0 Å². The molecule has 0 radical (unpaired) electrons. The van der Waals surface area contributed by atoms with Crippen molar-refractivity contribution in [2.75, 3.05) is 5.73 Å². The third kappa shape index (κ3) is 3.22. The number of benzene rings is 2. The highest BCUT2D eigenvalue weighted by Crippen LogP contribution is 2.32. The standard InChI is InChI=1S/C19H16ClN3O/c1-13-4-2-3-5-14(13)12-23-16(11-21)10-18(22)19(23)24-17-8-6-15(20)7-9-17/h2-10H,12,22H2,1H3. The van der Waals surface area contributed by atoms with Crippen LogP contribution in [-0.2, 0) is 6.54 Å². The molecular weight excluding hydrogens is 322 g/mol. The van der Waals surface area contributed by atoms with E-state index in [4.69, 9.17) is 22.1 Å². The fourth-order valence-corrected chi connectivity index (χ4v) is 2.61. The number of anilines is 1. The first-order chi connectivity index (χ1) is 11.6. The van der Waals surface area contributed by atoms with Gasteiger partial charge in [0.1, 0.15) is 17.5 Å². The lowest BCUT2D eigenvalue weighted by atomic mass is 10.1. The Balaban J connectivity index is 2.00. The molecule has 0 aliphatic carbocycles. The minimum atomic E-state index is 0.426. The lowest BCUT2D eigenvalue weighted by molar-refractivity contribution is 0.437. The SMILES string of the molecule is Cc1ccccc1Cn1c(C#N)cc(N)c1Oc1ccc(Cl)cc1. The number of nitriles is 1.